The van der Waals surface area contributed by atoms with Gasteiger partial charge in [-0.15, -0.1) is 0 Å². The van der Waals surface area contributed by atoms with E-state index in [1.807, 2.05) is 69.3 Å². The molecule has 4 heterocycles. The maximum Gasteiger partial charge on any atom is 0.263 e. The highest BCUT2D eigenvalue weighted by molar-refractivity contribution is 6.39. The summed E-state index contributed by atoms with van der Waals surface area (Å²) in [5.41, 5.74) is 3.22. The molecule has 7 rings (SSSR count). The molecule has 2 amide bonds. The Labute approximate surface area is 253 Å². The van der Waals surface area contributed by atoms with Crippen LogP contribution in [-0.2, 0) is 9.47 Å². The monoisotopic (exact) mass is 600 g/mol. The summed E-state index contributed by atoms with van der Waals surface area (Å²) < 4.78 is 13.4. The van der Waals surface area contributed by atoms with E-state index in [-0.39, 0.29) is 11.8 Å². The van der Waals surface area contributed by atoms with Crippen molar-refractivity contribution in [2.24, 2.45) is 0 Å². The van der Waals surface area contributed by atoms with Gasteiger partial charge in [-0.25, -0.2) is 0 Å². The number of carbonyl (C=O) groups excluding carboxylic acids is 2. The van der Waals surface area contributed by atoms with Crippen molar-refractivity contribution in [3.05, 3.63) is 59.7 Å². The molecule has 2 aromatic heterocycles. The highest BCUT2D eigenvalue weighted by atomic mass is 16.6. The summed E-state index contributed by atoms with van der Waals surface area (Å²) in [6.45, 7) is 6.75. The second-order valence-corrected chi connectivity index (χ2v) is 11.5. The first-order valence-corrected chi connectivity index (χ1v) is 15.0. The Hall–Kier alpha value is -3.84. The molecular formula is C33H36N4O7. The number of nitrogens with one attached hydrogen (secondary N) is 1. The molecule has 0 bridgehead atoms. The van der Waals surface area contributed by atoms with E-state index in [0.717, 1.165) is 10.9 Å². The second-order valence-electron chi connectivity index (χ2n) is 11.5. The Balaban J connectivity index is 1.61. The van der Waals surface area contributed by atoms with E-state index in [1.54, 1.807) is 4.57 Å². The van der Waals surface area contributed by atoms with Crippen LogP contribution in [-0.4, -0.2) is 104 Å². The van der Waals surface area contributed by atoms with Crippen molar-refractivity contribution in [2.45, 2.75) is 57.6 Å². The number of carbonyl (C=O) groups is 2. The van der Waals surface area contributed by atoms with Crippen LogP contribution < -0.4 is 0 Å². The van der Waals surface area contributed by atoms with Crippen LogP contribution in [0.2, 0.25) is 0 Å². The molecule has 3 aromatic carbocycles. The second kappa shape index (κ2) is 10.7. The number of imide groups is 1. The predicted molar refractivity (Wildman–Crippen MR) is 165 cm³/mol. The third-order valence-corrected chi connectivity index (χ3v) is 9.55. The minimum atomic E-state index is -1.44. The number of hydrogen-bond acceptors (Lipinski definition) is 8. The number of amides is 2. The lowest BCUT2D eigenvalue weighted by atomic mass is 9.96. The maximum absolute atomic E-state index is 14.5. The average molecular weight is 601 g/mol. The van der Waals surface area contributed by atoms with Crippen molar-refractivity contribution in [3.63, 3.8) is 0 Å². The van der Waals surface area contributed by atoms with E-state index in [1.165, 1.54) is 12.0 Å². The average Bonchev–Trinajstić information content (AvgIpc) is 3.66. The molecule has 11 heteroatoms. The van der Waals surface area contributed by atoms with E-state index >= 15 is 0 Å². The Morgan fingerprint density at radius 2 is 1.59 bits per heavy atom. The Morgan fingerprint density at radius 3 is 2.25 bits per heavy atom. The number of benzene rings is 3. The summed E-state index contributed by atoms with van der Waals surface area (Å²) in [5, 5.41) is 35.4. The molecular weight excluding hydrogens is 564 g/mol. The number of aliphatic hydroxyl groups excluding tert-OH is 3. The van der Waals surface area contributed by atoms with E-state index < -0.39 is 43.4 Å². The van der Waals surface area contributed by atoms with Gasteiger partial charge in [0.1, 0.15) is 24.4 Å². The smallest absolute Gasteiger partial charge is 0.263 e. The molecule has 2 aliphatic heterocycles. The van der Waals surface area contributed by atoms with E-state index in [2.05, 4.69) is 9.88 Å². The Kier molecular flexibility index (Phi) is 7.00. The third kappa shape index (κ3) is 3.77. The standard InChI is InChI=1S/C33H36N4O7/c1-5-35(6-2)16(3)36-31(41)24-22-17-11-7-9-13-19(17)34-26(22)27-23(25(24)32(36)42)18-12-8-10-14-20(18)37(27)33-29(40)28(39)30(43-4)21(15-38)44-33/h7-14,16,21,28-30,33-34,38-40H,5-6,15H2,1-4H3/t16?,21-,28-,29-,30-,33-/m1/s1. The van der Waals surface area contributed by atoms with Crippen molar-refractivity contribution < 1.29 is 34.4 Å². The van der Waals surface area contributed by atoms with E-state index in [9.17, 15) is 24.9 Å². The first-order chi connectivity index (χ1) is 21.3. The molecule has 1 fully saturated rings. The highest BCUT2D eigenvalue weighted by Crippen LogP contribution is 2.47. The summed E-state index contributed by atoms with van der Waals surface area (Å²) in [4.78, 5) is 35.8. The zero-order valence-electron chi connectivity index (χ0n) is 25.0. The fourth-order valence-electron chi connectivity index (χ4n) is 7.44. The number of fused-ring (bicyclic) bond motifs is 10. The fourth-order valence-corrected chi connectivity index (χ4v) is 7.44. The zero-order chi connectivity index (χ0) is 31.0. The SMILES string of the molecule is CCN(CC)C(C)N1C(=O)c2c(c3c4ccccc4n([C@@H]4O[C@H](CO)[C@@H](OC)[C@H](O)[C@H]4O)c3c3[nH]c4ccccc4c23)C1=O. The van der Waals surface area contributed by atoms with Gasteiger partial charge >= 0.3 is 0 Å². The van der Waals surface area contributed by atoms with E-state index in [0.29, 0.717) is 56.9 Å². The maximum atomic E-state index is 14.5. The van der Waals surface area contributed by atoms with Gasteiger partial charge in [0, 0.05) is 34.2 Å². The molecule has 44 heavy (non-hydrogen) atoms. The zero-order valence-corrected chi connectivity index (χ0v) is 25.0. The van der Waals surface area contributed by atoms with Gasteiger partial charge in [-0.05, 0) is 32.1 Å². The van der Waals surface area contributed by atoms with Crippen molar-refractivity contribution in [2.75, 3.05) is 26.8 Å². The van der Waals surface area contributed by atoms with Gasteiger partial charge in [0.2, 0.25) is 0 Å². The van der Waals surface area contributed by atoms with Gasteiger partial charge in [0.25, 0.3) is 11.8 Å². The number of aromatic nitrogens is 2. The number of methoxy groups -OCH3 is 1. The Morgan fingerprint density at radius 1 is 0.955 bits per heavy atom. The van der Waals surface area contributed by atoms with Crippen molar-refractivity contribution in [3.8, 4) is 0 Å². The predicted octanol–water partition coefficient (Wildman–Crippen LogP) is 3.34. The molecule has 5 aromatic rings. The number of hydrogen-bond donors (Lipinski definition) is 4. The molecule has 1 saturated heterocycles. The summed E-state index contributed by atoms with van der Waals surface area (Å²) in [5.74, 6) is -0.743. The van der Waals surface area contributed by atoms with Gasteiger partial charge in [-0.2, -0.15) is 0 Å². The van der Waals surface area contributed by atoms with Crippen LogP contribution >= 0.6 is 0 Å². The lowest BCUT2D eigenvalue weighted by molar-refractivity contribution is -0.255. The van der Waals surface area contributed by atoms with Gasteiger partial charge in [0.05, 0.1) is 40.4 Å². The van der Waals surface area contributed by atoms with Crippen LogP contribution in [0.3, 0.4) is 0 Å². The van der Waals surface area contributed by atoms with Crippen LogP contribution in [0.1, 0.15) is 47.7 Å². The summed E-state index contributed by atoms with van der Waals surface area (Å²) in [6, 6.07) is 15.1. The van der Waals surface area contributed by atoms with Crippen molar-refractivity contribution in [1.29, 1.82) is 0 Å². The van der Waals surface area contributed by atoms with Crippen LogP contribution in [0.15, 0.2) is 48.5 Å². The molecule has 6 atom stereocenters. The summed E-state index contributed by atoms with van der Waals surface area (Å²) in [6.07, 6.45) is -6.32. The third-order valence-electron chi connectivity index (χ3n) is 9.55. The minimum absolute atomic E-state index is 0.301. The molecule has 0 saturated carbocycles. The molecule has 0 radical (unpaired) electrons. The van der Waals surface area contributed by atoms with Gasteiger partial charge in [-0.1, -0.05) is 50.2 Å². The number of nitrogens with zero attached hydrogens (tertiary/aromatic N) is 3. The number of aliphatic hydroxyl groups is 3. The van der Waals surface area contributed by atoms with Crippen LogP contribution in [0.5, 0.6) is 0 Å². The van der Waals surface area contributed by atoms with Crippen molar-refractivity contribution in [1.82, 2.24) is 19.4 Å². The largest absolute Gasteiger partial charge is 0.394 e. The first kappa shape index (κ1) is 28.9. The number of rotatable bonds is 7. The molecule has 2 aliphatic rings. The Bertz CT molecular complexity index is 1940. The topological polar surface area (TPSA) is 140 Å². The molecule has 0 aliphatic carbocycles. The lowest BCUT2D eigenvalue weighted by Gasteiger charge is -2.42. The molecule has 1 unspecified atom stereocenters. The van der Waals surface area contributed by atoms with Crippen molar-refractivity contribution >= 4 is 55.4 Å². The molecule has 230 valence electrons. The molecule has 11 nitrogen and oxygen atoms in total. The van der Waals surface area contributed by atoms with Gasteiger partial charge in [0.15, 0.2) is 6.23 Å². The van der Waals surface area contributed by atoms with E-state index in [4.69, 9.17) is 9.47 Å². The highest BCUT2D eigenvalue weighted by Gasteiger charge is 2.48. The lowest BCUT2D eigenvalue weighted by Crippen LogP contribution is -2.57. The molecule has 4 N–H and O–H groups in total. The summed E-state index contributed by atoms with van der Waals surface area (Å²) in [7, 11) is 1.39. The number of aromatic amines is 1. The molecule has 0 spiro atoms. The quantitative estimate of drug-likeness (QED) is 0.209. The number of para-hydroxylation sites is 2. The number of H-pyrrole nitrogens is 1. The van der Waals surface area contributed by atoms with Crippen LogP contribution in [0.25, 0.3) is 43.6 Å². The van der Waals surface area contributed by atoms with Gasteiger partial charge in [-0.3, -0.25) is 19.4 Å². The first-order valence-electron chi connectivity index (χ1n) is 15.0. The van der Waals surface area contributed by atoms with Gasteiger partial charge < -0.3 is 34.3 Å². The normalized spacial score (nSPS) is 24.9. The summed E-state index contributed by atoms with van der Waals surface area (Å²) >= 11 is 0. The minimum Gasteiger partial charge on any atom is -0.394 e. The van der Waals surface area contributed by atoms with Crippen LogP contribution in [0, 0.1) is 0 Å². The van der Waals surface area contributed by atoms with Crippen LogP contribution in [0.4, 0.5) is 0 Å². The number of ether oxygens (including phenoxy) is 2. The fraction of sp³-hybridized carbons (Fsp3) is 0.394.